The van der Waals surface area contributed by atoms with Crippen LogP contribution in [0.15, 0.2) is 0 Å². The fourth-order valence-corrected chi connectivity index (χ4v) is 3.68. The zero-order chi connectivity index (χ0) is 15.0. The van der Waals surface area contributed by atoms with Crippen LogP contribution in [0.3, 0.4) is 0 Å². The van der Waals surface area contributed by atoms with Gasteiger partial charge >= 0.3 is 0 Å². The van der Waals surface area contributed by atoms with E-state index in [0.29, 0.717) is 5.41 Å². The van der Waals surface area contributed by atoms with Crippen LogP contribution in [0.1, 0.15) is 53.4 Å². The van der Waals surface area contributed by atoms with Crippen molar-refractivity contribution >= 4 is 0 Å². The Balaban J connectivity index is 2.50. The van der Waals surface area contributed by atoms with Crippen molar-refractivity contribution in [2.45, 2.75) is 59.4 Å². The van der Waals surface area contributed by atoms with Crippen LogP contribution in [0.25, 0.3) is 0 Å². The fraction of sp³-hybridized carbons (Fsp3) is 1.00. The Kier molecular flexibility index (Phi) is 8.08. The molecule has 0 aliphatic carbocycles. The van der Waals surface area contributed by atoms with Crippen molar-refractivity contribution in [3.05, 3.63) is 0 Å². The summed E-state index contributed by atoms with van der Waals surface area (Å²) in [5.41, 5.74) is 0.445. The van der Waals surface area contributed by atoms with Crippen LogP contribution in [-0.4, -0.2) is 62.2 Å². The second-order valence-electron chi connectivity index (χ2n) is 6.61. The molecule has 1 rings (SSSR count). The van der Waals surface area contributed by atoms with Gasteiger partial charge in [-0.1, -0.05) is 27.7 Å². The molecular formula is C17H37N3. The molecule has 1 N–H and O–H groups in total. The van der Waals surface area contributed by atoms with Crippen LogP contribution >= 0.6 is 0 Å². The van der Waals surface area contributed by atoms with Crippen LogP contribution in [0.2, 0.25) is 0 Å². The van der Waals surface area contributed by atoms with E-state index in [9.17, 15) is 0 Å². The van der Waals surface area contributed by atoms with E-state index in [1.807, 2.05) is 0 Å². The summed E-state index contributed by atoms with van der Waals surface area (Å²) in [7, 11) is 2.32. The maximum absolute atomic E-state index is 3.57. The number of nitrogens with one attached hydrogen (secondary N) is 1. The third-order valence-corrected chi connectivity index (χ3v) is 5.28. The van der Waals surface area contributed by atoms with Crippen LogP contribution < -0.4 is 5.32 Å². The van der Waals surface area contributed by atoms with Gasteiger partial charge in [0.15, 0.2) is 0 Å². The topological polar surface area (TPSA) is 18.5 Å². The van der Waals surface area contributed by atoms with Gasteiger partial charge in [0.25, 0.3) is 0 Å². The minimum atomic E-state index is 0.445. The molecule has 1 aliphatic rings. The van der Waals surface area contributed by atoms with E-state index >= 15 is 0 Å². The zero-order valence-corrected chi connectivity index (χ0v) is 14.5. The molecule has 0 aromatic rings. The highest BCUT2D eigenvalue weighted by molar-refractivity contribution is 4.85. The van der Waals surface area contributed by atoms with Crippen molar-refractivity contribution < 1.29 is 0 Å². The maximum Gasteiger partial charge on any atom is 0.0223 e. The van der Waals surface area contributed by atoms with E-state index in [0.717, 1.165) is 19.1 Å². The van der Waals surface area contributed by atoms with Gasteiger partial charge < -0.3 is 10.2 Å². The second kappa shape index (κ2) is 9.01. The Hall–Kier alpha value is -0.120. The van der Waals surface area contributed by atoms with Gasteiger partial charge in [-0.05, 0) is 57.8 Å². The lowest BCUT2D eigenvalue weighted by Crippen LogP contribution is -2.46. The molecule has 1 atom stereocenters. The molecule has 0 aromatic heterocycles. The van der Waals surface area contributed by atoms with Gasteiger partial charge in [0.2, 0.25) is 0 Å². The average Bonchev–Trinajstić information content (AvgIpc) is 2.90. The predicted octanol–water partition coefficient (Wildman–Crippen LogP) is 2.82. The van der Waals surface area contributed by atoms with E-state index in [1.54, 1.807) is 0 Å². The number of rotatable bonds is 10. The second-order valence-corrected chi connectivity index (χ2v) is 6.61. The highest BCUT2D eigenvalue weighted by Crippen LogP contribution is 2.27. The minimum absolute atomic E-state index is 0.445. The van der Waals surface area contributed by atoms with Crippen molar-refractivity contribution in [2.75, 3.05) is 46.3 Å². The molecule has 0 bridgehead atoms. The molecule has 1 unspecified atom stereocenters. The zero-order valence-electron chi connectivity index (χ0n) is 14.5. The van der Waals surface area contributed by atoms with Gasteiger partial charge in [-0.15, -0.1) is 0 Å². The van der Waals surface area contributed by atoms with Gasteiger partial charge in [-0.25, -0.2) is 0 Å². The Morgan fingerprint density at radius 1 is 1.20 bits per heavy atom. The monoisotopic (exact) mass is 283 g/mol. The molecule has 1 fully saturated rings. The molecule has 1 saturated heterocycles. The molecule has 0 amide bonds. The Bertz CT molecular complexity index is 251. The van der Waals surface area contributed by atoms with Crippen LogP contribution in [0.5, 0.6) is 0 Å². The van der Waals surface area contributed by atoms with Gasteiger partial charge in [-0.2, -0.15) is 0 Å². The highest BCUT2D eigenvalue weighted by atomic mass is 15.2. The third-order valence-electron chi connectivity index (χ3n) is 5.28. The standard InChI is InChI=1S/C17H37N3/c1-6-17(7-2,14-18-8-3)15-19(5)13-16-11-10-12-20(16)9-4/h16,18H,6-15H2,1-5H3. The van der Waals surface area contributed by atoms with Gasteiger partial charge in [-0.3, -0.25) is 4.90 Å². The molecule has 120 valence electrons. The molecule has 0 spiro atoms. The van der Waals surface area contributed by atoms with E-state index < -0.39 is 0 Å². The first-order valence-corrected chi connectivity index (χ1v) is 8.74. The lowest BCUT2D eigenvalue weighted by atomic mass is 9.81. The largest absolute Gasteiger partial charge is 0.316 e. The number of likely N-dealkylation sites (N-methyl/N-ethyl adjacent to an activating group) is 2. The van der Waals surface area contributed by atoms with E-state index in [-0.39, 0.29) is 0 Å². The summed E-state index contributed by atoms with van der Waals surface area (Å²) in [6.45, 7) is 16.4. The number of likely N-dealkylation sites (tertiary alicyclic amines) is 1. The summed E-state index contributed by atoms with van der Waals surface area (Å²) >= 11 is 0. The molecule has 0 radical (unpaired) electrons. The summed E-state index contributed by atoms with van der Waals surface area (Å²) < 4.78 is 0. The van der Waals surface area contributed by atoms with Crippen LogP contribution in [0, 0.1) is 5.41 Å². The highest BCUT2D eigenvalue weighted by Gasteiger charge is 2.30. The molecule has 1 aliphatic heterocycles. The SMILES string of the molecule is CCNCC(CC)(CC)CN(C)CC1CCCN1CC. The van der Waals surface area contributed by atoms with Gasteiger partial charge in [0, 0.05) is 25.7 Å². The molecule has 3 heteroatoms. The summed E-state index contributed by atoms with van der Waals surface area (Å²) in [6, 6.07) is 0.788. The van der Waals surface area contributed by atoms with Crippen molar-refractivity contribution in [1.29, 1.82) is 0 Å². The van der Waals surface area contributed by atoms with Gasteiger partial charge in [0.05, 0.1) is 0 Å². The van der Waals surface area contributed by atoms with Gasteiger partial charge in [0.1, 0.15) is 0 Å². The molecule has 3 nitrogen and oxygen atoms in total. The first-order valence-electron chi connectivity index (χ1n) is 8.74. The van der Waals surface area contributed by atoms with Crippen LogP contribution in [0.4, 0.5) is 0 Å². The molecule has 0 aromatic carbocycles. The number of hydrogen-bond donors (Lipinski definition) is 1. The van der Waals surface area contributed by atoms with Crippen LogP contribution in [-0.2, 0) is 0 Å². The first-order chi connectivity index (χ1) is 9.60. The lowest BCUT2D eigenvalue weighted by molar-refractivity contribution is 0.126. The predicted molar refractivity (Wildman–Crippen MR) is 89.3 cm³/mol. The van der Waals surface area contributed by atoms with Crippen molar-refractivity contribution in [2.24, 2.45) is 5.41 Å². The lowest BCUT2D eigenvalue weighted by Gasteiger charge is -2.38. The molecule has 20 heavy (non-hydrogen) atoms. The number of nitrogens with zero attached hydrogens (tertiary/aromatic N) is 2. The third kappa shape index (κ3) is 5.01. The Morgan fingerprint density at radius 2 is 1.90 bits per heavy atom. The number of hydrogen-bond acceptors (Lipinski definition) is 3. The minimum Gasteiger partial charge on any atom is -0.316 e. The first kappa shape index (κ1) is 17.9. The van der Waals surface area contributed by atoms with E-state index in [1.165, 1.54) is 51.9 Å². The fourth-order valence-electron chi connectivity index (χ4n) is 3.68. The van der Waals surface area contributed by atoms with Crippen molar-refractivity contribution in [1.82, 2.24) is 15.1 Å². The summed E-state index contributed by atoms with van der Waals surface area (Å²) in [6.07, 6.45) is 5.30. The van der Waals surface area contributed by atoms with Crippen molar-refractivity contribution in [3.63, 3.8) is 0 Å². The Morgan fingerprint density at radius 3 is 2.45 bits per heavy atom. The summed E-state index contributed by atoms with van der Waals surface area (Å²) in [4.78, 5) is 5.24. The molecule has 1 heterocycles. The molecule has 0 saturated carbocycles. The quantitative estimate of drug-likeness (QED) is 0.665. The average molecular weight is 284 g/mol. The normalized spacial score (nSPS) is 21.0. The Labute approximate surface area is 127 Å². The van der Waals surface area contributed by atoms with E-state index in [4.69, 9.17) is 0 Å². The summed E-state index contributed by atoms with van der Waals surface area (Å²) in [5, 5.41) is 3.57. The van der Waals surface area contributed by atoms with E-state index in [2.05, 4.69) is 49.9 Å². The smallest absolute Gasteiger partial charge is 0.0223 e. The molecular weight excluding hydrogens is 246 g/mol. The van der Waals surface area contributed by atoms with Crippen molar-refractivity contribution in [3.8, 4) is 0 Å². The summed E-state index contributed by atoms with van der Waals surface area (Å²) in [5.74, 6) is 0. The maximum atomic E-state index is 3.57.